The lowest BCUT2D eigenvalue weighted by Gasteiger charge is -2.06. The SMILES string of the molecule is C.CC(C)c1ccc(-c2ncccn2)cc1.CC(C)c1nccs1.Cc1cnc(-c2ccc(C(C)C)cc2)nc1. The van der Waals surface area contributed by atoms with Crippen LogP contribution in [0.4, 0.5) is 0 Å². The average Bonchev–Trinajstić information content (AvgIpc) is 3.51. The van der Waals surface area contributed by atoms with Gasteiger partial charge in [0.2, 0.25) is 0 Å². The molecule has 5 rings (SSSR count). The molecule has 0 aliphatic rings. The summed E-state index contributed by atoms with van der Waals surface area (Å²) in [6.45, 7) is 15.1. The highest BCUT2D eigenvalue weighted by Gasteiger charge is 2.03. The summed E-state index contributed by atoms with van der Waals surface area (Å²) in [7, 11) is 0. The molecule has 0 saturated heterocycles. The molecule has 0 aliphatic heterocycles. The Balaban J connectivity index is 0.000000218. The van der Waals surface area contributed by atoms with Crippen molar-refractivity contribution in [1.82, 2.24) is 24.9 Å². The molecule has 0 saturated carbocycles. The van der Waals surface area contributed by atoms with Crippen molar-refractivity contribution in [2.45, 2.75) is 73.6 Å². The molecule has 6 heteroatoms. The van der Waals surface area contributed by atoms with Crippen molar-refractivity contribution in [2.24, 2.45) is 0 Å². The molecule has 40 heavy (non-hydrogen) atoms. The highest BCUT2D eigenvalue weighted by molar-refractivity contribution is 7.09. The third-order valence-electron chi connectivity index (χ3n) is 5.96. The van der Waals surface area contributed by atoms with Crippen LogP contribution in [-0.4, -0.2) is 24.9 Å². The second kappa shape index (κ2) is 16.4. The topological polar surface area (TPSA) is 64.5 Å². The molecular formula is C34H43N5S. The summed E-state index contributed by atoms with van der Waals surface area (Å²) in [5, 5.41) is 3.24. The summed E-state index contributed by atoms with van der Waals surface area (Å²) in [6.07, 6.45) is 9.06. The summed E-state index contributed by atoms with van der Waals surface area (Å²) in [5.74, 6) is 3.30. The molecule has 0 atom stereocenters. The van der Waals surface area contributed by atoms with Crippen LogP contribution in [0.3, 0.4) is 0 Å². The van der Waals surface area contributed by atoms with Crippen LogP contribution in [0, 0.1) is 6.92 Å². The number of benzene rings is 2. The van der Waals surface area contributed by atoms with Crippen molar-refractivity contribution in [3.63, 3.8) is 0 Å². The van der Waals surface area contributed by atoms with Crippen LogP contribution in [0.15, 0.2) is 91.0 Å². The van der Waals surface area contributed by atoms with E-state index in [2.05, 4.69) is 115 Å². The lowest BCUT2D eigenvalue weighted by molar-refractivity contribution is 0.852. The molecule has 2 aromatic carbocycles. The van der Waals surface area contributed by atoms with E-state index in [9.17, 15) is 0 Å². The standard InChI is InChI=1S/C14H16N2.C13H14N2.C6H9NS.CH4/c1-10(2)12-4-6-13(7-5-12)14-15-8-11(3)9-16-14;1-10(2)11-4-6-12(7-5-11)13-14-8-3-9-15-13;1-5(2)6-7-3-4-8-6;/h4-10H,1-3H3;3-10H,1-2H3;3-5H,1-2H3;1H4. The summed E-state index contributed by atoms with van der Waals surface area (Å²) in [5.41, 5.74) is 5.91. The van der Waals surface area contributed by atoms with Gasteiger partial charge in [-0.05, 0) is 41.5 Å². The van der Waals surface area contributed by atoms with Crippen molar-refractivity contribution in [3.8, 4) is 22.8 Å². The summed E-state index contributed by atoms with van der Waals surface area (Å²) in [6, 6.07) is 18.7. The van der Waals surface area contributed by atoms with E-state index in [1.54, 1.807) is 23.7 Å². The number of aryl methyl sites for hydroxylation is 1. The van der Waals surface area contributed by atoms with Crippen molar-refractivity contribution < 1.29 is 0 Å². The first-order valence-corrected chi connectivity index (χ1v) is 14.3. The van der Waals surface area contributed by atoms with Gasteiger partial charge in [-0.25, -0.2) is 24.9 Å². The van der Waals surface area contributed by atoms with Gasteiger partial charge in [0.25, 0.3) is 0 Å². The van der Waals surface area contributed by atoms with Crippen LogP contribution in [0.2, 0.25) is 0 Å². The lowest BCUT2D eigenvalue weighted by atomic mass is 10.0. The molecule has 0 N–H and O–H groups in total. The molecule has 5 aromatic rings. The van der Waals surface area contributed by atoms with Gasteiger partial charge in [0, 0.05) is 53.4 Å². The lowest BCUT2D eigenvalue weighted by Crippen LogP contribution is -1.91. The summed E-state index contributed by atoms with van der Waals surface area (Å²) in [4.78, 5) is 21.2. The van der Waals surface area contributed by atoms with Crippen molar-refractivity contribution in [1.29, 1.82) is 0 Å². The minimum atomic E-state index is 0. The number of aromatic nitrogens is 5. The fourth-order valence-electron chi connectivity index (χ4n) is 3.54. The third kappa shape index (κ3) is 10.1. The van der Waals surface area contributed by atoms with Gasteiger partial charge in [0.05, 0.1) is 5.01 Å². The number of rotatable bonds is 5. The maximum absolute atomic E-state index is 4.31. The smallest absolute Gasteiger partial charge is 0.159 e. The first-order chi connectivity index (χ1) is 18.7. The molecule has 3 aromatic heterocycles. The first-order valence-electron chi connectivity index (χ1n) is 13.4. The zero-order chi connectivity index (χ0) is 28.2. The van der Waals surface area contributed by atoms with E-state index >= 15 is 0 Å². The Hall–Kier alpha value is -3.77. The van der Waals surface area contributed by atoms with Crippen molar-refractivity contribution in [3.05, 3.63) is 113 Å². The molecule has 0 radical (unpaired) electrons. The van der Waals surface area contributed by atoms with E-state index in [0.29, 0.717) is 17.8 Å². The van der Waals surface area contributed by atoms with E-state index < -0.39 is 0 Å². The molecule has 0 spiro atoms. The monoisotopic (exact) mass is 553 g/mol. The van der Waals surface area contributed by atoms with Crippen LogP contribution in [0.1, 0.15) is 88.4 Å². The fraction of sp³-hybridized carbons (Fsp3) is 0.324. The highest BCUT2D eigenvalue weighted by atomic mass is 32.1. The molecule has 0 bridgehead atoms. The van der Waals surface area contributed by atoms with Crippen molar-refractivity contribution in [2.75, 3.05) is 0 Å². The second-order valence-corrected chi connectivity index (χ2v) is 11.2. The molecule has 0 aliphatic carbocycles. The minimum Gasteiger partial charge on any atom is -0.249 e. The molecule has 3 heterocycles. The van der Waals surface area contributed by atoms with E-state index in [0.717, 1.165) is 28.3 Å². The zero-order valence-corrected chi connectivity index (χ0v) is 24.9. The predicted octanol–water partition coefficient (Wildman–Crippen LogP) is 9.75. The van der Waals surface area contributed by atoms with Crippen LogP contribution < -0.4 is 0 Å². The van der Waals surface area contributed by atoms with Gasteiger partial charge in [-0.3, -0.25) is 0 Å². The Kier molecular flexibility index (Phi) is 13.3. The number of nitrogens with zero attached hydrogens (tertiary/aromatic N) is 5. The van der Waals surface area contributed by atoms with E-state index in [1.807, 2.05) is 37.0 Å². The third-order valence-corrected chi connectivity index (χ3v) is 7.04. The maximum Gasteiger partial charge on any atom is 0.159 e. The van der Waals surface area contributed by atoms with Gasteiger partial charge in [-0.15, -0.1) is 11.3 Å². The van der Waals surface area contributed by atoms with Crippen LogP contribution in [0.5, 0.6) is 0 Å². The Morgan fingerprint density at radius 2 is 1.00 bits per heavy atom. The quantitative estimate of drug-likeness (QED) is 0.217. The molecule has 0 unspecified atom stereocenters. The normalized spacial score (nSPS) is 10.3. The number of hydrogen-bond donors (Lipinski definition) is 0. The van der Waals surface area contributed by atoms with Gasteiger partial charge >= 0.3 is 0 Å². The first kappa shape index (κ1) is 32.4. The average molecular weight is 554 g/mol. The molecule has 0 fully saturated rings. The Bertz CT molecular complexity index is 1350. The zero-order valence-electron chi connectivity index (χ0n) is 24.0. The van der Waals surface area contributed by atoms with E-state index in [4.69, 9.17) is 0 Å². The Morgan fingerprint density at radius 3 is 1.35 bits per heavy atom. The second-order valence-electron chi connectivity index (χ2n) is 10.2. The maximum atomic E-state index is 4.31. The van der Waals surface area contributed by atoms with Gasteiger partial charge in [0.15, 0.2) is 11.6 Å². The largest absolute Gasteiger partial charge is 0.249 e. The van der Waals surface area contributed by atoms with Gasteiger partial charge in [-0.1, -0.05) is 97.5 Å². The highest BCUT2D eigenvalue weighted by Crippen LogP contribution is 2.20. The van der Waals surface area contributed by atoms with Crippen LogP contribution in [-0.2, 0) is 0 Å². The molecule has 0 amide bonds. The van der Waals surface area contributed by atoms with Crippen LogP contribution >= 0.6 is 11.3 Å². The summed E-state index contributed by atoms with van der Waals surface area (Å²) < 4.78 is 0. The number of thiazole rings is 1. The molecule has 210 valence electrons. The van der Waals surface area contributed by atoms with Crippen molar-refractivity contribution >= 4 is 11.3 Å². The Morgan fingerprint density at radius 1 is 0.550 bits per heavy atom. The molecular weight excluding hydrogens is 510 g/mol. The number of hydrogen-bond acceptors (Lipinski definition) is 6. The van der Waals surface area contributed by atoms with Gasteiger partial charge < -0.3 is 0 Å². The Labute approximate surface area is 244 Å². The minimum absolute atomic E-state index is 0. The van der Waals surface area contributed by atoms with Gasteiger partial charge in [0.1, 0.15) is 0 Å². The van der Waals surface area contributed by atoms with Gasteiger partial charge in [-0.2, -0.15) is 0 Å². The predicted molar refractivity (Wildman–Crippen MR) is 171 cm³/mol. The van der Waals surface area contributed by atoms with E-state index in [-0.39, 0.29) is 7.43 Å². The van der Waals surface area contributed by atoms with Crippen LogP contribution in [0.25, 0.3) is 22.8 Å². The summed E-state index contributed by atoms with van der Waals surface area (Å²) >= 11 is 1.72. The molecule has 5 nitrogen and oxygen atoms in total. The fourth-order valence-corrected chi connectivity index (χ4v) is 4.20. The van der Waals surface area contributed by atoms with E-state index in [1.165, 1.54) is 16.1 Å².